The molecular formula is C36H40ClNO2. The zero-order valence-electron chi connectivity index (χ0n) is 23.4. The third-order valence-electron chi connectivity index (χ3n) is 8.60. The van der Waals surface area contributed by atoms with E-state index in [0.29, 0.717) is 13.0 Å². The summed E-state index contributed by atoms with van der Waals surface area (Å²) in [6, 6.07) is 43.5. The van der Waals surface area contributed by atoms with Gasteiger partial charge in [-0.25, -0.2) is 0 Å². The van der Waals surface area contributed by atoms with E-state index in [1.165, 1.54) is 22.3 Å². The van der Waals surface area contributed by atoms with Crippen molar-refractivity contribution in [1.82, 2.24) is 4.90 Å². The smallest absolute Gasteiger partial charge is 0.305 e. The minimum atomic E-state index is -0.242. The van der Waals surface area contributed by atoms with E-state index in [-0.39, 0.29) is 29.2 Å². The molecule has 0 amide bonds. The third kappa shape index (κ3) is 6.32. The molecule has 3 nitrogen and oxygen atoms in total. The Labute approximate surface area is 245 Å². The van der Waals surface area contributed by atoms with Crippen molar-refractivity contribution in [2.75, 3.05) is 26.2 Å². The quantitative estimate of drug-likeness (QED) is 0.148. The summed E-state index contributed by atoms with van der Waals surface area (Å²) >= 11 is 0. The van der Waals surface area contributed by atoms with Crippen LogP contribution in [-0.4, -0.2) is 37.1 Å². The van der Waals surface area contributed by atoms with Crippen LogP contribution >= 0.6 is 12.4 Å². The predicted octanol–water partition coefficient (Wildman–Crippen LogP) is 7.82. The van der Waals surface area contributed by atoms with Crippen LogP contribution in [0.2, 0.25) is 0 Å². The van der Waals surface area contributed by atoms with E-state index >= 15 is 0 Å². The van der Waals surface area contributed by atoms with Gasteiger partial charge in [0.25, 0.3) is 0 Å². The molecule has 5 rings (SSSR count). The highest BCUT2D eigenvalue weighted by Gasteiger charge is 2.40. The lowest BCUT2D eigenvalue weighted by Crippen LogP contribution is -2.47. The molecule has 0 bridgehead atoms. The number of hydrogen-bond donors (Lipinski definition) is 0. The Hall–Kier alpha value is -3.40. The summed E-state index contributed by atoms with van der Waals surface area (Å²) in [5.41, 5.74) is 4.88. The molecule has 208 valence electrons. The SMILES string of the molecule is CCC(=O)OCC1(c2ccccc2)CCN(CCC(c2ccccc2)(c2ccccc2)c2ccccc2)CC1.Cl. The van der Waals surface area contributed by atoms with Crippen LogP contribution in [0.5, 0.6) is 0 Å². The van der Waals surface area contributed by atoms with E-state index < -0.39 is 0 Å². The van der Waals surface area contributed by atoms with E-state index in [1.807, 2.05) is 6.92 Å². The second-order valence-corrected chi connectivity index (χ2v) is 10.8. The molecule has 0 spiro atoms. The lowest BCUT2D eigenvalue weighted by atomic mass is 9.67. The number of benzene rings is 4. The number of hydrogen-bond acceptors (Lipinski definition) is 3. The number of nitrogens with zero attached hydrogens (tertiary/aromatic N) is 1. The Morgan fingerprint density at radius 2 is 1.15 bits per heavy atom. The topological polar surface area (TPSA) is 29.5 Å². The fourth-order valence-corrected chi connectivity index (χ4v) is 6.26. The highest BCUT2D eigenvalue weighted by Crippen LogP contribution is 2.43. The van der Waals surface area contributed by atoms with Gasteiger partial charge < -0.3 is 9.64 Å². The first-order valence-corrected chi connectivity index (χ1v) is 14.3. The first-order valence-electron chi connectivity index (χ1n) is 14.3. The zero-order valence-corrected chi connectivity index (χ0v) is 24.2. The fourth-order valence-electron chi connectivity index (χ4n) is 6.26. The maximum Gasteiger partial charge on any atom is 0.305 e. The second-order valence-electron chi connectivity index (χ2n) is 10.8. The van der Waals surface area contributed by atoms with Gasteiger partial charge >= 0.3 is 5.97 Å². The van der Waals surface area contributed by atoms with Gasteiger partial charge in [-0.05, 0) is 61.2 Å². The van der Waals surface area contributed by atoms with Crippen molar-refractivity contribution < 1.29 is 9.53 Å². The van der Waals surface area contributed by atoms with Gasteiger partial charge in [-0.3, -0.25) is 4.79 Å². The molecule has 1 fully saturated rings. The van der Waals surface area contributed by atoms with Gasteiger partial charge in [-0.15, -0.1) is 12.4 Å². The Balaban J connectivity index is 0.00000370. The summed E-state index contributed by atoms with van der Waals surface area (Å²) in [4.78, 5) is 14.7. The van der Waals surface area contributed by atoms with E-state index in [9.17, 15) is 4.79 Å². The number of esters is 1. The van der Waals surface area contributed by atoms with Crippen LogP contribution in [0.15, 0.2) is 121 Å². The molecule has 4 heteroatoms. The Kier molecular flexibility index (Phi) is 10.2. The minimum Gasteiger partial charge on any atom is -0.465 e. The molecule has 4 aromatic carbocycles. The lowest BCUT2D eigenvalue weighted by Gasteiger charge is -2.43. The summed E-state index contributed by atoms with van der Waals surface area (Å²) in [6.07, 6.45) is 3.35. The number of piperidine rings is 1. The highest BCUT2D eigenvalue weighted by atomic mass is 35.5. The number of rotatable bonds is 10. The maximum atomic E-state index is 12.1. The lowest BCUT2D eigenvalue weighted by molar-refractivity contribution is -0.146. The zero-order chi connectivity index (χ0) is 27.0. The maximum absolute atomic E-state index is 12.1. The largest absolute Gasteiger partial charge is 0.465 e. The number of carbonyl (C=O) groups excluding carboxylic acids is 1. The average molecular weight is 554 g/mol. The molecule has 0 aromatic heterocycles. The summed E-state index contributed by atoms with van der Waals surface area (Å²) in [5, 5.41) is 0. The van der Waals surface area contributed by atoms with Crippen LogP contribution in [0.4, 0.5) is 0 Å². The van der Waals surface area contributed by atoms with Gasteiger partial charge in [0.2, 0.25) is 0 Å². The predicted molar refractivity (Wildman–Crippen MR) is 166 cm³/mol. The van der Waals surface area contributed by atoms with Gasteiger partial charge in [0.15, 0.2) is 0 Å². The highest BCUT2D eigenvalue weighted by molar-refractivity contribution is 5.85. The number of likely N-dealkylation sites (tertiary alicyclic amines) is 1. The van der Waals surface area contributed by atoms with E-state index in [0.717, 1.165) is 38.9 Å². The van der Waals surface area contributed by atoms with Crippen molar-refractivity contribution in [3.05, 3.63) is 144 Å². The summed E-state index contributed by atoms with van der Waals surface area (Å²) < 4.78 is 5.75. The van der Waals surface area contributed by atoms with Gasteiger partial charge in [-0.1, -0.05) is 128 Å². The normalized spacial score (nSPS) is 15.1. The van der Waals surface area contributed by atoms with Crippen LogP contribution in [0.1, 0.15) is 54.9 Å². The number of halogens is 1. The molecule has 0 N–H and O–H groups in total. The Morgan fingerprint density at radius 3 is 1.57 bits per heavy atom. The molecule has 0 atom stereocenters. The van der Waals surface area contributed by atoms with Crippen LogP contribution < -0.4 is 0 Å². The molecule has 0 unspecified atom stereocenters. The Morgan fingerprint density at radius 1 is 0.725 bits per heavy atom. The molecule has 4 aromatic rings. The average Bonchev–Trinajstić information content (AvgIpc) is 3.03. The van der Waals surface area contributed by atoms with Gasteiger partial charge in [-0.2, -0.15) is 0 Å². The Bertz CT molecular complexity index is 1210. The van der Waals surface area contributed by atoms with E-state index in [4.69, 9.17) is 4.74 Å². The minimum absolute atomic E-state index is 0. The van der Waals surface area contributed by atoms with Gasteiger partial charge in [0.05, 0.1) is 0 Å². The van der Waals surface area contributed by atoms with Gasteiger partial charge in [0, 0.05) is 17.3 Å². The molecule has 0 saturated carbocycles. The number of ether oxygens (including phenoxy) is 1. The summed E-state index contributed by atoms with van der Waals surface area (Å²) in [7, 11) is 0. The second kappa shape index (κ2) is 13.8. The fraction of sp³-hybridized carbons (Fsp3) is 0.306. The van der Waals surface area contributed by atoms with Gasteiger partial charge in [0.1, 0.15) is 6.61 Å². The molecule has 1 saturated heterocycles. The first kappa shape index (κ1) is 29.6. The molecule has 40 heavy (non-hydrogen) atoms. The summed E-state index contributed by atoms with van der Waals surface area (Å²) in [6.45, 7) is 5.26. The molecular weight excluding hydrogens is 514 g/mol. The molecule has 1 heterocycles. The molecule has 0 aliphatic carbocycles. The standard InChI is InChI=1S/C36H39NO2.ClH/c1-2-34(38)39-29-35(30-15-7-3-8-16-30)23-26-37(27-24-35)28-25-36(31-17-9-4-10-18-31,32-19-11-5-12-20-32)33-21-13-6-14-22-33;/h3-22H,2,23-29H2,1H3;1H. The van der Waals surface area contributed by atoms with Crippen molar-refractivity contribution in [3.63, 3.8) is 0 Å². The van der Waals surface area contributed by atoms with Crippen LogP contribution in [-0.2, 0) is 20.4 Å². The third-order valence-corrected chi connectivity index (χ3v) is 8.60. The first-order chi connectivity index (χ1) is 19.2. The molecule has 1 aliphatic heterocycles. The van der Waals surface area contributed by atoms with Crippen molar-refractivity contribution in [1.29, 1.82) is 0 Å². The van der Waals surface area contributed by atoms with E-state index in [2.05, 4.69) is 126 Å². The molecule has 0 radical (unpaired) electrons. The molecule has 1 aliphatic rings. The number of carbonyl (C=O) groups is 1. The van der Waals surface area contributed by atoms with Crippen LogP contribution in [0.25, 0.3) is 0 Å². The van der Waals surface area contributed by atoms with Crippen molar-refractivity contribution in [3.8, 4) is 0 Å². The van der Waals surface area contributed by atoms with Crippen LogP contribution in [0.3, 0.4) is 0 Å². The van der Waals surface area contributed by atoms with Crippen molar-refractivity contribution >= 4 is 18.4 Å². The van der Waals surface area contributed by atoms with Crippen molar-refractivity contribution in [2.24, 2.45) is 0 Å². The summed E-state index contributed by atoms with van der Waals surface area (Å²) in [5.74, 6) is -0.119. The van der Waals surface area contributed by atoms with Crippen molar-refractivity contribution in [2.45, 2.75) is 43.4 Å². The van der Waals surface area contributed by atoms with Crippen LogP contribution in [0, 0.1) is 0 Å². The van der Waals surface area contributed by atoms with E-state index in [1.54, 1.807) is 0 Å². The monoisotopic (exact) mass is 553 g/mol.